The number of phosphoric acid groups is 1. The molecule has 23 N–H and O–H groups in total. The van der Waals surface area contributed by atoms with Gasteiger partial charge in [-0.1, -0.05) is 50.2 Å². The number of carbonyl (C=O) groups is 12. The van der Waals surface area contributed by atoms with Crippen molar-refractivity contribution in [2.45, 2.75) is 153 Å². The summed E-state index contributed by atoms with van der Waals surface area (Å²) in [6, 6.07) is 0.568. The molecule has 0 saturated carbocycles. The molecule has 4 rings (SSSR count). The number of aliphatic hydroxyl groups excluding tert-OH is 2. The third-order valence-electron chi connectivity index (χ3n) is 15.0. The van der Waals surface area contributed by atoms with Gasteiger partial charge in [0.15, 0.2) is 5.96 Å². The number of guanidine groups is 1. The number of aromatic hydroxyl groups is 3. The normalized spacial score (nSPS) is 15.9. The summed E-state index contributed by atoms with van der Waals surface area (Å²) in [7, 11) is -5.52. The monoisotopic (exact) mass is 1400 g/mol. The van der Waals surface area contributed by atoms with Crippen molar-refractivity contribution in [1.29, 1.82) is 0 Å². The quantitative estimate of drug-likeness (QED) is 0.0110. The van der Waals surface area contributed by atoms with E-state index in [2.05, 4.69) is 58.2 Å². The van der Waals surface area contributed by atoms with Crippen LogP contribution in [-0.2, 0) is 85.9 Å². The van der Waals surface area contributed by atoms with Crippen LogP contribution in [0.1, 0.15) is 83.4 Å². The first-order valence-electron chi connectivity index (χ1n) is 31.0. The van der Waals surface area contributed by atoms with Crippen LogP contribution in [0.15, 0.2) is 77.8 Å². The van der Waals surface area contributed by atoms with Crippen LogP contribution >= 0.6 is 7.82 Å². The number of primary amides is 1. The average molecular weight is 1400 g/mol. The van der Waals surface area contributed by atoms with E-state index in [1.165, 1.54) is 86.6 Å². The van der Waals surface area contributed by atoms with E-state index in [0.29, 0.717) is 11.1 Å². The smallest absolute Gasteiger partial charge is 0.469 e. The molecule has 1 unspecified atom stereocenters. The number of phenolic OH excluding ortho intramolecular Hbond substituents is 3. The number of nitrogens with zero attached hydrogens (tertiary/aromatic N) is 2. The molecule has 3 aromatic rings. The number of phenols is 3. The maximum Gasteiger partial charge on any atom is 0.469 e. The van der Waals surface area contributed by atoms with Crippen molar-refractivity contribution < 1.29 is 102 Å². The third kappa shape index (κ3) is 27.3. The summed E-state index contributed by atoms with van der Waals surface area (Å²) in [5.74, 6) is -12.7. The van der Waals surface area contributed by atoms with Crippen LogP contribution in [-0.4, -0.2) is 216 Å². The Bertz CT molecular complexity index is 3360. The van der Waals surface area contributed by atoms with Crippen LogP contribution < -0.4 is 70.4 Å². The van der Waals surface area contributed by atoms with E-state index < -0.39 is 171 Å². The molecule has 11 atom stereocenters. The Balaban J connectivity index is 1.57. The minimum Gasteiger partial charge on any atom is -0.508 e. The largest absolute Gasteiger partial charge is 0.508 e. The Labute approximate surface area is 563 Å². The van der Waals surface area contributed by atoms with Gasteiger partial charge in [0.2, 0.25) is 70.9 Å². The third-order valence-corrected chi connectivity index (χ3v) is 15.6. The Morgan fingerprint density at radius 3 is 1.47 bits per heavy atom. The lowest BCUT2D eigenvalue weighted by Gasteiger charge is -2.31. The van der Waals surface area contributed by atoms with E-state index in [9.17, 15) is 97.4 Å². The fraction of sp³-hybridized carbons (Fsp3) is 0.492. The number of amides is 12. The summed E-state index contributed by atoms with van der Waals surface area (Å²) < 4.78 is 17.0. The summed E-state index contributed by atoms with van der Waals surface area (Å²) in [5.41, 5.74) is 17.4. The lowest BCUT2D eigenvalue weighted by Crippen LogP contribution is -2.62. The number of nitrogens with one attached hydrogen (secondary N) is 10. The molecule has 98 heavy (non-hydrogen) atoms. The van der Waals surface area contributed by atoms with Gasteiger partial charge in [0.25, 0.3) is 0 Å². The number of rotatable bonds is 38. The molecule has 0 spiro atoms. The number of nitrogens with two attached hydrogens (primary N) is 3. The van der Waals surface area contributed by atoms with E-state index in [-0.39, 0.29) is 92.7 Å². The Morgan fingerprint density at radius 1 is 0.571 bits per heavy atom. The Morgan fingerprint density at radius 2 is 1.01 bits per heavy atom. The predicted molar refractivity (Wildman–Crippen MR) is 347 cm³/mol. The van der Waals surface area contributed by atoms with Gasteiger partial charge in [-0.2, -0.15) is 0 Å². The first-order chi connectivity index (χ1) is 46.1. The molecule has 538 valence electrons. The Hall–Kier alpha value is -10.0. The summed E-state index contributed by atoms with van der Waals surface area (Å²) in [6.45, 7) is 3.93. The molecule has 0 radical (unpaired) electrons. The van der Waals surface area contributed by atoms with E-state index in [4.69, 9.17) is 21.7 Å². The SMILES string of the molecule is CC(=O)N[C@@H](CC(C)C)C(=O)N[C@@H](Cc1ccc(O)cc1)C(=O)N[C@@H](CCCN=C(N)N)C(=O)N[C@@H](C)C(=O)N[C@@H](Cc1ccc(O)cc1)C(=O)N[C@H](C(=O)N[C@@H](CO)C(=O)N1CCC[C@H]1C(=O)NCC(=O)N[C@@H](Cc1ccc(O)cc1)C(=O)N[C@@H](CO)C(N)=O)C(C)OP(=O)(O)O. The van der Waals surface area contributed by atoms with Gasteiger partial charge in [0.05, 0.1) is 25.9 Å². The second-order valence-corrected chi connectivity index (χ2v) is 24.8. The van der Waals surface area contributed by atoms with Crippen LogP contribution in [0.4, 0.5) is 0 Å². The average Bonchev–Trinajstić information content (AvgIpc) is 1.48. The van der Waals surface area contributed by atoms with Gasteiger partial charge >= 0.3 is 7.82 Å². The van der Waals surface area contributed by atoms with Gasteiger partial charge < -0.3 is 111 Å². The van der Waals surface area contributed by atoms with Gasteiger partial charge in [-0.3, -0.25) is 67.1 Å². The molecule has 36 nitrogen and oxygen atoms in total. The van der Waals surface area contributed by atoms with Crippen LogP contribution in [0.25, 0.3) is 0 Å². The van der Waals surface area contributed by atoms with Crippen molar-refractivity contribution >= 4 is 84.7 Å². The molecule has 1 heterocycles. The molecule has 0 aliphatic carbocycles. The predicted octanol–water partition coefficient (Wildman–Crippen LogP) is -5.59. The van der Waals surface area contributed by atoms with Gasteiger partial charge in [-0.25, -0.2) is 4.57 Å². The lowest BCUT2D eigenvalue weighted by atomic mass is 10.0. The molecule has 1 saturated heterocycles. The van der Waals surface area contributed by atoms with Gasteiger partial charge in [0.1, 0.15) is 77.7 Å². The molecule has 1 aliphatic heterocycles. The number of hydrogen-bond acceptors (Lipinski definition) is 20. The maximum atomic E-state index is 14.5. The number of phosphoric ester groups is 1. The number of aliphatic imine (C=N–C) groups is 1. The highest BCUT2D eigenvalue weighted by atomic mass is 31.2. The lowest BCUT2D eigenvalue weighted by molar-refractivity contribution is -0.143. The molecule has 1 fully saturated rings. The molecule has 1 aliphatic rings. The van der Waals surface area contributed by atoms with Crippen molar-refractivity contribution in [2.24, 2.45) is 28.1 Å². The molecule has 12 amide bonds. The fourth-order valence-corrected chi connectivity index (χ4v) is 10.6. The zero-order valence-corrected chi connectivity index (χ0v) is 55.4. The van der Waals surface area contributed by atoms with Gasteiger partial charge in [-0.15, -0.1) is 0 Å². The summed E-state index contributed by atoms with van der Waals surface area (Å²) >= 11 is 0. The topological polar surface area (TPSA) is 587 Å². The van der Waals surface area contributed by atoms with Crippen LogP contribution in [0.5, 0.6) is 17.2 Å². The fourth-order valence-electron chi connectivity index (χ4n) is 10.1. The van der Waals surface area contributed by atoms with Crippen LogP contribution in [0, 0.1) is 5.92 Å². The molecule has 37 heteroatoms. The summed E-state index contributed by atoms with van der Waals surface area (Å²) in [5, 5.41) is 74.0. The zero-order chi connectivity index (χ0) is 73.1. The second kappa shape index (κ2) is 38.7. The van der Waals surface area contributed by atoms with Gasteiger partial charge in [-0.05, 0) is 105 Å². The molecular weight excluding hydrogens is 1310 g/mol. The standard InChI is InChI=1S/C61H88N15O21P/c1-31(2)24-42(68-34(5)79)54(87)72-44(26-36-12-18-39(81)19-13-36)56(89)70-41(8-6-22-65-61(63)64)53(86)67-32(3)52(85)71-45(27-37-14-20-40(82)21-15-37)57(90)75-50(33(4)97-98(94,95)96)59(92)74-47(30-78)60(93)76-23-7-9-48(76)58(91)66-28-49(83)69-43(25-35-10-16-38(80)17-11-35)55(88)73-46(29-77)51(62)84/h10-21,31-33,41-48,50,77-78,80-82H,6-9,22-30H2,1-5H3,(H2,62,84)(H,66,91)(H,67,86)(H,68,79)(H,69,83)(H,70,89)(H,71,85)(H,72,87)(H,73,88)(H,74,92)(H,75,90)(H4,63,64,65)(H2,94,95,96)/t32-,33?,41-,42-,43-,44-,45-,46-,47-,48-,50-/m0/s1. The van der Waals surface area contributed by atoms with E-state index >= 15 is 0 Å². The number of benzene rings is 3. The molecule has 0 bridgehead atoms. The van der Waals surface area contributed by atoms with Crippen molar-refractivity contribution in [3.63, 3.8) is 0 Å². The number of hydrogen-bond donors (Lipinski definition) is 20. The minimum absolute atomic E-state index is 0.0145. The van der Waals surface area contributed by atoms with E-state index in [1.807, 2.05) is 13.8 Å². The number of aliphatic hydroxyl groups is 2. The Kier molecular flexibility index (Phi) is 31.7. The zero-order valence-electron chi connectivity index (χ0n) is 54.5. The van der Waals surface area contributed by atoms with Crippen LogP contribution in [0.2, 0.25) is 0 Å². The van der Waals surface area contributed by atoms with E-state index in [0.717, 1.165) is 11.8 Å². The van der Waals surface area contributed by atoms with E-state index in [1.54, 1.807) is 0 Å². The van der Waals surface area contributed by atoms with Crippen LogP contribution in [0.3, 0.4) is 0 Å². The second-order valence-electron chi connectivity index (χ2n) is 23.6. The first-order valence-corrected chi connectivity index (χ1v) is 32.5. The minimum atomic E-state index is -5.52. The first kappa shape index (κ1) is 80.4. The molecular formula is C61H88N15O21P. The van der Waals surface area contributed by atoms with Gasteiger partial charge in [0, 0.05) is 39.3 Å². The summed E-state index contributed by atoms with van der Waals surface area (Å²) in [4.78, 5) is 188. The highest BCUT2D eigenvalue weighted by Crippen LogP contribution is 2.38. The number of carbonyl (C=O) groups excluding carboxylic acids is 12. The highest BCUT2D eigenvalue weighted by molar-refractivity contribution is 7.46. The number of likely N-dealkylation sites (tertiary alicyclic amines) is 1. The molecule has 0 aromatic heterocycles. The van der Waals surface area contributed by atoms with Crippen molar-refractivity contribution in [3.05, 3.63) is 89.5 Å². The highest BCUT2D eigenvalue weighted by Gasteiger charge is 2.41. The van der Waals surface area contributed by atoms with Crippen molar-refractivity contribution in [1.82, 2.24) is 58.1 Å². The van der Waals surface area contributed by atoms with Crippen molar-refractivity contribution in [2.75, 3.05) is 32.8 Å². The maximum absolute atomic E-state index is 14.5. The molecule has 3 aromatic carbocycles. The van der Waals surface area contributed by atoms with Crippen molar-refractivity contribution in [3.8, 4) is 17.2 Å². The summed E-state index contributed by atoms with van der Waals surface area (Å²) in [6.07, 6.45) is -2.62.